The third-order valence-electron chi connectivity index (χ3n) is 5.48. The molecule has 1 heterocycles. The summed E-state index contributed by atoms with van der Waals surface area (Å²) in [5.74, 6) is -1.45. The zero-order chi connectivity index (χ0) is 18.4. The van der Waals surface area contributed by atoms with Crippen molar-refractivity contribution in [2.75, 3.05) is 6.61 Å². The topological polar surface area (TPSA) is 91.4 Å². The van der Waals surface area contributed by atoms with Crippen LogP contribution < -0.4 is 5.32 Å². The van der Waals surface area contributed by atoms with Crippen LogP contribution in [0.15, 0.2) is 24.3 Å². The summed E-state index contributed by atoms with van der Waals surface area (Å²) in [6, 6.07) is 7.60. The van der Waals surface area contributed by atoms with Gasteiger partial charge in [-0.25, -0.2) is 4.79 Å². The fourth-order valence-corrected chi connectivity index (χ4v) is 3.66. The van der Waals surface area contributed by atoms with Gasteiger partial charge in [-0.3, -0.25) is 4.79 Å². The Morgan fingerprint density at radius 2 is 2.08 bits per heavy atom. The summed E-state index contributed by atoms with van der Waals surface area (Å²) in [7, 11) is 0. The SMILES string of the molecule is CCOC1CC(NC(=O)c2cc3ccc(C)cc3[nH]2)(C(=O)O)C1(C)C. The number of aliphatic carboxylic acids is 1. The number of carbonyl (C=O) groups is 2. The summed E-state index contributed by atoms with van der Waals surface area (Å²) >= 11 is 0. The van der Waals surface area contributed by atoms with Crippen molar-refractivity contribution in [3.63, 3.8) is 0 Å². The molecule has 25 heavy (non-hydrogen) atoms. The fourth-order valence-electron chi connectivity index (χ4n) is 3.66. The first-order chi connectivity index (χ1) is 11.7. The van der Waals surface area contributed by atoms with Crippen molar-refractivity contribution < 1.29 is 19.4 Å². The van der Waals surface area contributed by atoms with Gasteiger partial charge in [-0.15, -0.1) is 0 Å². The van der Waals surface area contributed by atoms with Gasteiger partial charge in [0, 0.05) is 29.3 Å². The summed E-state index contributed by atoms with van der Waals surface area (Å²) < 4.78 is 5.62. The number of fused-ring (bicyclic) bond motifs is 1. The molecule has 0 aliphatic heterocycles. The van der Waals surface area contributed by atoms with E-state index in [9.17, 15) is 14.7 Å². The molecule has 134 valence electrons. The van der Waals surface area contributed by atoms with Crippen molar-refractivity contribution in [1.82, 2.24) is 10.3 Å². The lowest BCUT2D eigenvalue weighted by Crippen LogP contribution is -2.76. The zero-order valence-corrected chi connectivity index (χ0v) is 15.0. The molecule has 1 aliphatic rings. The van der Waals surface area contributed by atoms with Gasteiger partial charge in [0.2, 0.25) is 0 Å². The van der Waals surface area contributed by atoms with E-state index >= 15 is 0 Å². The average Bonchev–Trinajstić information content (AvgIpc) is 2.96. The average molecular weight is 344 g/mol. The first-order valence-electron chi connectivity index (χ1n) is 8.48. The van der Waals surface area contributed by atoms with Crippen LogP contribution in [0.2, 0.25) is 0 Å². The predicted molar refractivity (Wildman–Crippen MR) is 94.7 cm³/mol. The van der Waals surface area contributed by atoms with Crippen LogP contribution in [-0.2, 0) is 9.53 Å². The van der Waals surface area contributed by atoms with Crippen LogP contribution in [0.25, 0.3) is 10.9 Å². The maximum atomic E-state index is 12.7. The monoisotopic (exact) mass is 344 g/mol. The molecule has 2 aromatic rings. The number of carboxylic acid groups (broad SMARTS) is 1. The molecule has 1 aromatic carbocycles. The Labute approximate surface area is 146 Å². The molecule has 2 atom stereocenters. The number of hydrogen-bond acceptors (Lipinski definition) is 3. The molecule has 1 fully saturated rings. The number of ether oxygens (including phenoxy) is 1. The van der Waals surface area contributed by atoms with Crippen LogP contribution >= 0.6 is 0 Å². The van der Waals surface area contributed by atoms with Crippen molar-refractivity contribution in [3.05, 3.63) is 35.5 Å². The number of H-pyrrole nitrogens is 1. The lowest BCUT2D eigenvalue weighted by molar-refractivity contribution is -0.190. The number of carboxylic acids is 1. The molecule has 0 spiro atoms. The first kappa shape index (κ1) is 17.5. The van der Waals surface area contributed by atoms with E-state index in [1.807, 2.05) is 45.9 Å². The summed E-state index contributed by atoms with van der Waals surface area (Å²) in [6.45, 7) is 8.00. The molecule has 1 saturated carbocycles. The number of aromatic amines is 1. The summed E-state index contributed by atoms with van der Waals surface area (Å²) in [5, 5.41) is 13.5. The minimum absolute atomic E-state index is 0.195. The van der Waals surface area contributed by atoms with E-state index in [2.05, 4.69) is 10.3 Å². The van der Waals surface area contributed by atoms with Crippen molar-refractivity contribution in [2.24, 2.45) is 5.41 Å². The molecule has 0 radical (unpaired) electrons. The number of carbonyl (C=O) groups excluding carboxylic acids is 1. The predicted octanol–water partition coefficient (Wildman–Crippen LogP) is 2.86. The highest BCUT2D eigenvalue weighted by molar-refractivity contribution is 6.01. The van der Waals surface area contributed by atoms with Crippen LogP contribution in [0.4, 0.5) is 0 Å². The van der Waals surface area contributed by atoms with Crippen molar-refractivity contribution in [1.29, 1.82) is 0 Å². The van der Waals surface area contributed by atoms with E-state index in [1.165, 1.54) is 0 Å². The normalized spacial score (nSPS) is 24.7. The third kappa shape index (κ3) is 2.61. The molecule has 6 heteroatoms. The molecule has 3 N–H and O–H groups in total. The largest absolute Gasteiger partial charge is 0.479 e. The van der Waals surface area contributed by atoms with E-state index in [-0.39, 0.29) is 12.5 Å². The van der Waals surface area contributed by atoms with Crippen molar-refractivity contribution in [3.8, 4) is 0 Å². The summed E-state index contributed by atoms with van der Waals surface area (Å²) in [6.07, 6.45) is 0.0631. The fraction of sp³-hybridized carbons (Fsp3) is 0.474. The molecular weight excluding hydrogens is 320 g/mol. The van der Waals surface area contributed by atoms with Crippen LogP contribution in [0, 0.1) is 12.3 Å². The van der Waals surface area contributed by atoms with Crippen LogP contribution in [0.1, 0.15) is 43.2 Å². The van der Waals surface area contributed by atoms with Crippen LogP contribution in [0.3, 0.4) is 0 Å². The number of nitrogens with one attached hydrogen (secondary N) is 2. The molecule has 3 rings (SSSR count). The van der Waals surface area contributed by atoms with Gasteiger partial charge in [-0.05, 0) is 31.5 Å². The molecule has 1 aromatic heterocycles. The number of rotatable bonds is 5. The Kier molecular flexibility index (Phi) is 4.11. The maximum Gasteiger partial charge on any atom is 0.330 e. The molecule has 6 nitrogen and oxygen atoms in total. The van der Waals surface area contributed by atoms with Gasteiger partial charge in [0.25, 0.3) is 5.91 Å². The highest BCUT2D eigenvalue weighted by Crippen LogP contribution is 2.51. The smallest absolute Gasteiger partial charge is 0.330 e. The highest BCUT2D eigenvalue weighted by atomic mass is 16.5. The highest BCUT2D eigenvalue weighted by Gasteiger charge is 2.66. The Bertz CT molecular complexity index is 839. The van der Waals surface area contributed by atoms with E-state index in [0.29, 0.717) is 12.3 Å². The summed E-state index contributed by atoms with van der Waals surface area (Å²) in [5.41, 5.74) is 0.263. The van der Waals surface area contributed by atoms with Gasteiger partial charge in [0.05, 0.1) is 6.10 Å². The Hall–Kier alpha value is -2.34. The lowest BCUT2D eigenvalue weighted by atomic mass is 9.54. The second-order valence-corrected chi connectivity index (χ2v) is 7.31. The Morgan fingerprint density at radius 1 is 1.36 bits per heavy atom. The first-order valence-corrected chi connectivity index (χ1v) is 8.48. The standard InChI is InChI=1S/C19H24N2O4/c1-5-25-15-10-19(17(23)24,18(15,3)4)21-16(22)14-9-12-7-6-11(2)8-13(12)20-14/h6-9,15,20H,5,10H2,1-4H3,(H,21,22)(H,23,24). The molecular formula is C19H24N2O4. The lowest BCUT2D eigenvalue weighted by Gasteiger charge is -2.58. The summed E-state index contributed by atoms with van der Waals surface area (Å²) in [4.78, 5) is 27.8. The van der Waals surface area contributed by atoms with Crippen LogP contribution in [0.5, 0.6) is 0 Å². The Morgan fingerprint density at radius 3 is 2.68 bits per heavy atom. The Balaban J connectivity index is 1.87. The number of aromatic nitrogens is 1. The second-order valence-electron chi connectivity index (χ2n) is 7.31. The minimum atomic E-state index is -1.34. The number of hydrogen-bond donors (Lipinski definition) is 3. The molecule has 0 saturated heterocycles. The van der Waals surface area contributed by atoms with E-state index in [0.717, 1.165) is 16.5 Å². The number of benzene rings is 1. The van der Waals surface area contributed by atoms with E-state index in [1.54, 1.807) is 6.07 Å². The van der Waals surface area contributed by atoms with Crippen molar-refractivity contribution in [2.45, 2.75) is 45.8 Å². The van der Waals surface area contributed by atoms with Gasteiger partial charge in [0.15, 0.2) is 0 Å². The molecule has 1 amide bonds. The van der Waals surface area contributed by atoms with Gasteiger partial charge in [0.1, 0.15) is 11.2 Å². The third-order valence-corrected chi connectivity index (χ3v) is 5.48. The minimum Gasteiger partial charge on any atom is -0.479 e. The van der Waals surface area contributed by atoms with Gasteiger partial charge < -0.3 is 20.1 Å². The number of aryl methyl sites for hydroxylation is 1. The molecule has 2 unspecified atom stereocenters. The number of amides is 1. The quantitative estimate of drug-likeness (QED) is 0.778. The second kappa shape index (κ2) is 5.88. The van der Waals surface area contributed by atoms with Gasteiger partial charge in [-0.1, -0.05) is 26.0 Å². The maximum absolute atomic E-state index is 12.7. The van der Waals surface area contributed by atoms with Gasteiger partial charge >= 0.3 is 5.97 Å². The zero-order valence-electron chi connectivity index (χ0n) is 15.0. The molecule has 1 aliphatic carbocycles. The molecule has 0 bridgehead atoms. The van der Waals surface area contributed by atoms with Crippen LogP contribution in [-0.4, -0.2) is 40.2 Å². The van der Waals surface area contributed by atoms with Gasteiger partial charge in [-0.2, -0.15) is 0 Å². The van der Waals surface area contributed by atoms with E-state index < -0.39 is 22.8 Å². The van der Waals surface area contributed by atoms with E-state index in [4.69, 9.17) is 4.74 Å². The van der Waals surface area contributed by atoms with Crippen molar-refractivity contribution >= 4 is 22.8 Å².